The van der Waals surface area contributed by atoms with E-state index in [-0.39, 0.29) is 5.75 Å². The van der Waals surface area contributed by atoms with Crippen molar-refractivity contribution in [3.8, 4) is 5.75 Å². The van der Waals surface area contributed by atoms with Crippen molar-refractivity contribution in [2.24, 2.45) is 0 Å². The highest BCUT2D eigenvalue weighted by atomic mass is 35.5. The van der Waals surface area contributed by atoms with E-state index in [2.05, 4.69) is 43.0 Å². The molecule has 112 valence electrons. The minimum absolute atomic E-state index is 0.265. The Bertz CT molecular complexity index is 569. The summed E-state index contributed by atoms with van der Waals surface area (Å²) < 4.78 is 0. The molecule has 0 aliphatic heterocycles. The van der Waals surface area contributed by atoms with E-state index in [0.29, 0.717) is 11.1 Å². The van der Waals surface area contributed by atoms with E-state index in [1.54, 1.807) is 18.2 Å². The van der Waals surface area contributed by atoms with Crippen molar-refractivity contribution >= 4 is 11.6 Å². The Labute approximate surface area is 132 Å². The van der Waals surface area contributed by atoms with Crippen LogP contribution in [0.5, 0.6) is 5.75 Å². The Kier molecular flexibility index (Phi) is 5.66. The molecule has 0 heterocycles. The van der Waals surface area contributed by atoms with Gasteiger partial charge in [-0.1, -0.05) is 41.9 Å². The van der Waals surface area contributed by atoms with Crippen LogP contribution in [0.15, 0.2) is 48.5 Å². The highest BCUT2D eigenvalue weighted by molar-refractivity contribution is 6.31. The number of phenols is 1. The zero-order valence-electron chi connectivity index (χ0n) is 12.6. The van der Waals surface area contributed by atoms with Crippen molar-refractivity contribution in [3.63, 3.8) is 0 Å². The van der Waals surface area contributed by atoms with E-state index in [0.717, 1.165) is 25.1 Å². The SMILES string of the molecule is CC(C)N(CCc1ccccc1)Cc1cc(O)ccc1Cl. The number of rotatable bonds is 6. The third-order valence-electron chi connectivity index (χ3n) is 3.66. The summed E-state index contributed by atoms with van der Waals surface area (Å²) >= 11 is 6.22. The molecule has 2 aromatic rings. The van der Waals surface area contributed by atoms with Crippen LogP contribution in [-0.4, -0.2) is 22.6 Å². The molecule has 2 nitrogen and oxygen atoms in total. The minimum atomic E-state index is 0.265. The van der Waals surface area contributed by atoms with E-state index in [9.17, 15) is 5.11 Å². The summed E-state index contributed by atoms with van der Waals surface area (Å²) in [6, 6.07) is 16.0. The predicted octanol–water partition coefficient (Wildman–Crippen LogP) is 4.50. The first-order chi connectivity index (χ1) is 10.1. The van der Waals surface area contributed by atoms with Crippen molar-refractivity contribution in [2.75, 3.05) is 6.54 Å². The first-order valence-corrected chi connectivity index (χ1v) is 7.69. The van der Waals surface area contributed by atoms with Gasteiger partial charge in [-0.15, -0.1) is 0 Å². The molecular formula is C18H22ClNO. The average Bonchev–Trinajstić information content (AvgIpc) is 2.47. The van der Waals surface area contributed by atoms with Gasteiger partial charge in [-0.25, -0.2) is 0 Å². The highest BCUT2D eigenvalue weighted by Gasteiger charge is 2.12. The lowest BCUT2D eigenvalue weighted by atomic mass is 10.1. The lowest BCUT2D eigenvalue weighted by Gasteiger charge is -2.27. The van der Waals surface area contributed by atoms with Gasteiger partial charge < -0.3 is 5.11 Å². The number of nitrogens with zero attached hydrogens (tertiary/aromatic N) is 1. The Morgan fingerprint density at radius 2 is 1.81 bits per heavy atom. The predicted molar refractivity (Wildman–Crippen MR) is 88.8 cm³/mol. The van der Waals surface area contributed by atoms with Gasteiger partial charge in [0.15, 0.2) is 0 Å². The van der Waals surface area contributed by atoms with Gasteiger partial charge in [0, 0.05) is 24.2 Å². The number of phenolic OH excluding ortho intramolecular Hbond substituents is 1. The van der Waals surface area contributed by atoms with Crippen LogP contribution in [0.4, 0.5) is 0 Å². The summed E-state index contributed by atoms with van der Waals surface area (Å²) in [5, 5.41) is 10.3. The van der Waals surface area contributed by atoms with E-state index in [4.69, 9.17) is 11.6 Å². The third kappa shape index (κ3) is 4.76. The van der Waals surface area contributed by atoms with Crippen LogP contribution in [0.2, 0.25) is 5.02 Å². The van der Waals surface area contributed by atoms with Gasteiger partial charge in [0.2, 0.25) is 0 Å². The number of hydrogen-bond acceptors (Lipinski definition) is 2. The van der Waals surface area contributed by atoms with Crippen LogP contribution >= 0.6 is 11.6 Å². The van der Waals surface area contributed by atoms with Crippen LogP contribution in [0, 0.1) is 0 Å². The first-order valence-electron chi connectivity index (χ1n) is 7.31. The van der Waals surface area contributed by atoms with Gasteiger partial charge in [0.1, 0.15) is 5.75 Å². The molecule has 0 aliphatic carbocycles. The Morgan fingerprint density at radius 3 is 2.48 bits per heavy atom. The first kappa shape index (κ1) is 15.9. The fourth-order valence-corrected chi connectivity index (χ4v) is 2.52. The second-order valence-corrected chi connectivity index (χ2v) is 5.98. The molecule has 0 atom stereocenters. The maximum atomic E-state index is 9.62. The van der Waals surface area contributed by atoms with Crippen LogP contribution in [0.25, 0.3) is 0 Å². The second kappa shape index (κ2) is 7.48. The fourth-order valence-electron chi connectivity index (χ4n) is 2.34. The summed E-state index contributed by atoms with van der Waals surface area (Å²) in [6.45, 7) is 6.08. The van der Waals surface area contributed by atoms with Gasteiger partial charge in [0.05, 0.1) is 0 Å². The van der Waals surface area contributed by atoms with Crippen LogP contribution < -0.4 is 0 Å². The Morgan fingerprint density at radius 1 is 1.10 bits per heavy atom. The molecule has 21 heavy (non-hydrogen) atoms. The molecule has 0 spiro atoms. The maximum Gasteiger partial charge on any atom is 0.116 e. The summed E-state index contributed by atoms with van der Waals surface area (Å²) in [7, 11) is 0. The van der Waals surface area contributed by atoms with Crippen molar-refractivity contribution in [2.45, 2.75) is 32.9 Å². The Balaban J connectivity index is 2.04. The van der Waals surface area contributed by atoms with E-state index in [1.807, 2.05) is 6.07 Å². The maximum absolute atomic E-state index is 9.62. The molecule has 0 aliphatic rings. The van der Waals surface area contributed by atoms with Gasteiger partial charge in [-0.2, -0.15) is 0 Å². The highest BCUT2D eigenvalue weighted by Crippen LogP contribution is 2.23. The second-order valence-electron chi connectivity index (χ2n) is 5.58. The van der Waals surface area contributed by atoms with E-state index >= 15 is 0 Å². The molecular weight excluding hydrogens is 282 g/mol. The molecule has 0 unspecified atom stereocenters. The van der Waals surface area contributed by atoms with Crippen molar-refractivity contribution in [1.29, 1.82) is 0 Å². The average molecular weight is 304 g/mol. The molecule has 0 saturated heterocycles. The molecule has 1 N–H and O–H groups in total. The van der Waals surface area contributed by atoms with Crippen LogP contribution in [0.3, 0.4) is 0 Å². The standard InChI is InChI=1S/C18H22ClNO/c1-14(2)20(11-10-15-6-4-3-5-7-15)13-16-12-17(21)8-9-18(16)19/h3-9,12,14,21H,10-11,13H2,1-2H3. The number of hydrogen-bond donors (Lipinski definition) is 1. The van der Waals surface area contributed by atoms with Crippen molar-refractivity contribution in [3.05, 3.63) is 64.7 Å². The Hall–Kier alpha value is -1.51. The van der Waals surface area contributed by atoms with Crippen molar-refractivity contribution < 1.29 is 5.11 Å². The quantitative estimate of drug-likeness (QED) is 0.849. The lowest BCUT2D eigenvalue weighted by Crippen LogP contribution is -2.32. The summed E-state index contributed by atoms with van der Waals surface area (Å²) in [6.07, 6.45) is 1.01. The largest absolute Gasteiger partial charge is 0.508 e. The van der Waals surface area contributed by atoms with E-state index in [1.165, 1.54) is 5.56 Å². The number of benzene rings is 2. The lowest BCUT2D eigenvalue weighted by molar-refractivity contribution is 0.215. The molecule has 0 fully saturated rings. The number of aromatic hydroxyl groups is 1. The molecule has 2 aromatic carbocycles. The normalized spacial score (nSPS) is 11.3. The van der Waals surface area contributed by atoms with Crippen molar-refractivity contribution in [1.82, 2.24) is 4.90 Å². The molecule has 0 bridgehead atoms. The number of halogens is 1. The van der Waals surface area contributed by atoms with Crippen LogP contribution in [0.1, 0.15) is 25.0 Å². The van der Waals surface area contributed by atoms with Crippen LogP contribution in [-0.2, 0) is 13.0 Å². The third-order valence-corrected chi connectivity index (χ3v) is 4.03. The smallest absolute Gasteiger partial charge is 0.116 e. The zero-order valence-corrected chi connectivity index (χ0v) is 13.3. The fraction of sp³-hybridized carbons (Fsp3) is 0.333. The summed E-state index contributed by atoms with van der Waals surface area (Å²) in [5.74, 6) is 0.265. The molecule has 0 radical (unpaired) electrons. The summed E-state index contributed by atoms with van der Waals surface area (Å²) in [5.41, 5.74) is 2.31. The molecule has 3 heteroatoms. The topological polar surface area (TPSA) is 23.5 Å². The van der Waals surface area contributed by atoms with Gasteiger partial charge >= 0.3 is 0 Å². The van der Waals surface area contributed by atoms with Gasteiger partial charge in [-0.05, 0) is 49.6 Å². The molecule has 0 saturated carbocycles. The minimum Gasteiger partial charge on any atom is -0.508 e. The zero-order chi connectivity index (χ0) is 15.2. The summed E-state index contributed by atoms with van der Waals surface area (Å²) in [4.78, 5) is 2.37. The molecule has 2 rings (SSSR count). The van der Waals surface area contributed by atoms with E-state index < -0.39 is 0 Å². The molecule has 0 aromatic heterocycles. The molecule has 0 amide bonds. The van der Waals surface area contributed by atoms with Gasteiger partial charge in [0.25, 0.3) is 0 Å². The monoisotopic (exact) mass is 303 g/mol. The van der Waals surface area contributed by atoms with Gasteiger partial charge in [-0.3, -0.25) is 4.90 Å².